The zero-order chi connectivity index (χ0) is 8.55. The second-order valence-electron chi connectivity index (χ2n) is 2.45. The van der Waals surface area contributed by atoms with Gasteiger partial charge in [0.2, 0.25) is 0 Å². The highest BCUT2D eigenvalue weighted by molar-refractivity contribution is 9.10. The Morgan fingerprint density at radius 1 is 1.33 bits per heavy atom. The third-order valence-electron chi connectivity index (χ3n) is 1.62. The van der Waals surface area contributed by atoms with Gasteiger partial charge in [-0.25, -0.2) is 9.97 Å². The molecule has 1 heterocycles. The molecule has 2 aromatic rings. The molecule has 12 heavy (non-hydrogen) atoms. The fourth-order valence-electron chi connectivity index (χ4n) is 1.08. The van der Waals surface area contributed by atoms with Crippen molar-refractivity contribution in [2.75, 3.05) is 5.73 Å². The first-order chi connectivity index (χ1) is 5.77. The summed E-state index contributed by atoms with van der Waals surface area (Å²) >= 11 is 3.34. The maximum absolute atomic E-state index is 5.75. The van der Waals surface area contributed by atoms with Crippen molar-refractivity contribution in [2.24, 2.45) is 0 Å². The molecule has 60 valence electrons. The van der Waals surface area contributed by atoms with Gasteiger partial charge in [0.05, 0.1) is 5.52 Å². The van der Waals surface area contributed by atoms with Gasteiger partial charge in [-0.15, -0.1) is 0 Å². The fourth-order valence-corrected chi connectivity index (χ4v) is 1.54. The molecular weight excluding hydrogens is 218 g/mol. The first kappa shape index (κ1) is 7.49. The van der Waals surface area contributed by atoms with Crippen molar-refractivity contribution in [3.8, 4) is 0 Å². The van der Waals surface area contributed by atoms with Crippen molar-refractivity contribution in [2.45, 2.75) is 0 Å². The lowest BCUT2D eigenvalue weighted by molar-refractivity contribution is 1.22. The van der Waals surface area contributed by atoms with E-state index in [1.807, 2.05) is 12.1 Å². The molecule has 0 atom stereocenters. The molecule has 1 aromatic carbocycles. The zero-order valence-electron chi connectivity index (χ0n) is 6.16. The van der Waals surface area contributed by atoms with Crippen LogP contribution >= 0.6 is 15.9 Å². The summed E-state index contributed by atoms with van der Waals surface area (Å²) < 4.78 is 0.936. The highest BCUT2D eigenvalue weighted by Crippen LogP contribution is 2.23. The van der Waals surface area contributed by atoms with E-state index in [0.717, 1.165) is 15.4 Å². The topological polar surface area (TPSA) is 51.8 Å². The number of nitrogens with zero attached hydrogens (tertiary/aromatic N) is 2. The van der Waals surface area contributed by atoms with E-state index in [1.165, 1.54) is 6.33 Å². The largest absolute Gasteiger partial charge is 0.398 e. The van der Waals surface area contributed by atoms with E-state index in [4.69, 9.17) is 5.73 Å². The third-order valence-corrected chi connectivity index (χ3v) is 2.08. The summed E-state index contributed by atoms with van der Waals surface area (Å²) in [6, 6.07) is 3.75. The molecule has 0 aliphatic carbocycles. The molecule has 3 nitrogen and oxygen atoms in total. The molecule has 0 spiro atoms. The van der Waals surface area contributed by atoms with E-state index >= 15 is 0 Å². The smallest absolute Gasteiger partial charge is 0.116 e. The summed E-state index contributed by atoms with van der Waals surface area (Å²) in [4.78, 5) is 7.98. The van der Waals surface area contributed by atoms with E-state index in [-0.39, 0.29) is 0 Å². The molecule has 0 saturated carbocycles. The Hall–Kier alpha value is -1.16. The van der Waals surface area contributed by atoms with Gasteiger partial charge < -0.3 is 5.73 Å². The number of anilines is 1. The van der Waals surface area contributed by atoms with Gasteiger partial charge in [0.15, 0.2) is 0 Å². The van der Waals surface area contributed by atoms with Crippen molar-refractivity contribution in [1.29, 1.82) is 0 Å². The summed E-state index contributed by atoms with van der Waals surface area (Å²) in [5, 5.41) is 0.890. The fraction of sp³-hybridized carbons (Fsp3) is 0. The summed E-state index contributed by atoms with van der Waals surface area (Å²) in [5.74, 6) is 0. The van der Waals surface area contributed by atoms with Crippen molar-refractivity contribution in [1.82, 2.24) is 9.97 Å². The zero-order valence-corrected chi connectivity index (χ0v) is 7.75. The van der Waals surface area contributed by atoms with Crippen LogP contribution in [0, 0.1) is 0 Å². The minimum Gasteiger partial charge on any atom is -0.398 e. The number of benzene rings is 1. The van der Waals surface area contributed by atoms with Gasteiger partial charge in [-0.1, -0.05) is 15.9 Å². The lowest BCUT2D eigenvalue weighted by atomic mass is 10.2. The van der Waals surface area contributed by atoms with Gasteiger partial charge in [0.25, 0.3) is 0 Å². The molecule has 0 saturated heterocycles. The quantitative estimate of drug-likeness (QED) is 0.696. The number of rotatable bonds is 0. The van der Waals surface area contributed by atoms with Crippen LogP contribution in [0.25, 0.3) is 10.9 Å². The van der Waals surface area contributed by atoms with Crippen molar-refractivity contribution >= 4 is 32.5 Å². The van der Waals surface area contributed by atoms with Crippen LogP contribution < -0.4 is 5.73 Å². The predicted octanol–water partition coefficient (Wildman–Crippen LogP) is 1.97. The highest BCUT2D eigenvalue weighted by Gasteiger charge is 1.99. The second-order valence-corrected chi connectivity index (χ2v) is 3.37. The van der Waals surface area contributed by atoms with E-state index in [2.05, 4.69) is 25.9 Å². The SMILES string of the molecule is Nc1cc(Br)cc2ncncc12. The standard InChI is InChI=1S/C8H6BrN3/c9-5-1-7(10)6-3-11-4-12-8(6)2-5/h1-4H,10H2. The maximum Gasteiger partial charge on any atom is 0.116 e. The van der Waals surface area contributed by atoms with Crippen molar-refractivity contribution in [3.05, 3.63) is 29.1 Å². The van der Waals surface area contributed by atoms with Crippen molar-refractivity contribution in [3.63, 3.8) is 0 Å². The molecule has 0 fully saturated rings. The Morgan fingerprint density at radius 3 is 3.00 bits per heavy atom. The predicted molar refractivity (Wildman–Crippen MR) is 51.7 cm³/mol. The Kier molecular flexibility index (Phi) is 1.69. The number of halogens is 1. The number of hydrogen-bond acceptors (Lipinski definition) is 3. The van der Waals surface area contributed by atoms with Crippen LogP contribution in [-0.4, -0.2) is 9.97 Å². The molecule has 0 aliphatic heterocycles. The number of nitrogen functional groups attached to an aromatic ring is 1. The second kappa shape index (κ2) is 2.71. The van der Waals surface area contributed by atoms with Crippen LogP contribution in [0.2, 0.25) is 0 Å². The van der Waals surface area contributed by atoms with E-state index in [9.17, 15) is 0 Å². The summed E-state index contributed by atoms with van der Waals surface area (Å²) in [6.45, 7) is 0. The van der Waals surface area contributed by atoms with E-state index in [0.29, 0.717) is 5.69 Å². The molecule has 0 radical (unpaired) electrons. The lowest BCUT2D eigenvalue weighted by Gasteiger charge is -2.00. The monoisotopic (exact) mass is 223 g/mol. The van der Waals surface area contributed by atoms with Gasteiger partial charge in [-0.3, -0.25) is 0 Å². The Balaban J connectivity index is 2.89. The van der Waals surface area contributed by atoms with Crippen LogP contribution in [-0.2, 0) is 0 Å². The normalized spacial score (nSPS) is 10.4. The van der Waals surface area contributed by atoms with Crippen molar-refractivity contribution < 1.29 is 0 Å². The van der Waals surface area contributed by atoms with Crippen LogP contribution in [0.1, 0.15) is 0 Å². The van der Waals surface area contributed by atoms with Crippen LogP contribution in [0.3, 0.4) is 0 Å². The number of nitrogens with two attached hydrogens (primary N) is 1. The third kappa shape index (κ3) is 1.14. The van der Waals surface area contributed by atoms with Gasteiger partial charge in [0.1, 0.15) is 6.33 Å². The Labute approximate surface area is 77.8 Å². The molecular formula is C8H6BrN3. The summed E-state index contributed by atoms with van der Waals surface area (Å²) in [5.41, 5.74) is 7.30. The molecule has 4 heteroatoms. The van der Waals surface area contributed by atoms with Gasteiger partial charge in [-0.05, 0) is 12.1 Å². The minimum absolute atomic E-state index is 0.694. The van der Waals surface area contributed by atoms with Gasteiger partial charge >= 0.3 is 0 Å². The molecule has 2 rings (SSSR count). The number of aromatic nitrogens is 2. The average molecular weight is 224 g/mol. The molecule has 0 unspecified atom stereocenters. The summed E-state index contributed by atoms with van der Waals surface area (Å²) in [7, 11) is 0. The molecule has 0 amide bonds. The number of hydrogen-bond donors (Lipinski definition) is 1. The van der Waals surface area contributed by atoms with Gasteiger partial charge in [0, 0.05) is 21.7 Å². The van der Waals surface area contributed by atoms with E-state index < -0.39 is 0 Å². The summed E-state index contributed by atoms with van der Waals surface area (Å²) in [6.07, 6.45) is 3.22. The van der Waals surface area contributed by atoms with Crippen LogP contribution in [0.5, 0.6) is 0 Å². The Bertz CT molecular complexity index is 428. The minimum atomic E-state index is 0.694. The maximum atomic E-state index is 5.75. The molecule has 0 bridgehead atoms. The molecule has 1 aromatic heterocycles. The first-order valence-corrected chi connectivity index (χ1v) is 4.21. The van der Waals surface area contributed by atoms with Crippen LogP contribution in [0.15, 0.2) is 29.1 Å². The highest BCUT2D eigenvalue weighted by atomic mass is 79.9. The first-order valence-electron chi connectivity index (χ1n) is 3.42. The number of fused-ring (bicyclic) bond motifs is 1. The average Bonchev–Trinajstić information content (AvgIpc) is 2.04. The Morgan fingerprint density at radius 2 is 2.17 bits per heavy atom. The van der Waals surface area contributed by atoms with E-state index in [1.54, 1.807) is 6.20 Å². The molecule has 0 aliphatic rings. The van der Waals surface area contributed by atoms with Gasteiger partial charge in [-0.2, -0.15) is 0 Å². The van der Waals surface area contributed by atoms with Crippen LogP contribution in [0.4, 0.5) is 5.69 Å². The lowest BCUT2D eigenvalue weighted by Crippen LogP contribution is -1.89. The molecule has 2 N–H and O–H groups in total.